The number of hydrogen-bond donors (Lipinski definition) is 2. The molecule has 8 nitrogen and oxygen atoms in total. The summed E-state index contributed by atoms with van der Waals surface area (Å²) >= 11 is 6.09. The Morgan fingerprint density at radius 3 is 2.64 bits per heavy atom. The van der Waals surface area contributed by atoms with Crippen molar-refractivity contribution < 1.29 is 18.7 Å². The molecule has 0 saturated carbocycles. The lowest BCUT2D eigenvalue weighted by Crippen LogP contribution is -2.34. The lowest BCUT2D eigenvalue weighted by molar-refractivity contribution is 0.143. The Bertz CT molecular complexity index is 1240. The minimum absolute atomic E-state index is 0.0589. The molecule has 194 valence electrons. The first-order valence-corrected chi connectivity index (χ1v) is 12.5. The van der Waals surface area contributed by atoms with Crippen LogP contribution in [0.25, 0.3) is 11.1 Å². The normalized spacial score (nSPS) is 12.2. The highest BCUT2D eigenvalue weighted by atomic mass is 35.5. The van der Waals surface area contributed by atoms with Crippen LogP contribution in [0.1, 0.15) is 50.6 Å². The Labute approximate surface area is 216 Å². The summed E-state index contributed by atoms with van der Waals surface area (Å²) in [5.74, 6) is 1.59. The molecule has 0 aliphatic rings. The van der Waals surface area contributed by atoms with Crippen molar-refractivity contribution in [2.75, 3.05) is 26.8 Å². The van der Waals surface area contributed by atoms with E-state index in [2.05, 4.69) is 15.6 Å². The fraction of sp³-hybridized carbons (Fsp3) is 0.444. The van der Waals surface area contributed by atoms with Gasteiger partial charge in [-0.15, -0.1) is 0 Å². The number of nitrogens with zero attached hydrogens (tertiary/aromatic N) is 1. The van der Waals surface area contributed by atoms with E-state index in [4.69, 9.17) is 25.5 Å². The highest BCUT2D eigenvalue weighted by Crippen LogP contribution is 2.29. The van der Waals surface area contributed by atoms with E-state index in [1.165, 1.54) is 0 Å². The van der Waals surface area contributed by atoms with Gasteiger partial charge in [-0.1, -0.05) is 51.4 Å². The maximum Gasteiger partial charge on any atom is 0.407 e. The van der Waals surface area contributed by atoms with Crippen molar-refractivity contribution in [2.45, 2.75) is 40.2 Å². The van der Waals surface area contributed by atoms with Crippen LogP contribution < -0.4 is 20.8 Å². The number of pyridine rings is 1. The zero-order valence-electron chi connectivity index (χ0n) is 21.4. The molecule has 3 aromatic rings. The Morgan fingerprint density at radius 1 is 1.17 bits per heavy atom. The van der Waals surface area contributed by atoms with Crippen molar-refractivity contribution in [3.05, 3.63) is 68.7 Å². The summed E-state index contributed by atoms with van der Waals surface area (Å²) in [6.45, 7) is 9.17. The van der Waals surface area contributed by atoms with Crippen LogP contribution in [-0.4, -0.2) is 37.9 Å². The highest BCUT2D eigenvalue weighted by Gasteiger charge is 2.26. The molecule has 0 bridgehead atoms. The standard InChI is InChI=1S/C27H34ClN3O5/c1-16(2)15-30-27(33)35-12-11-29-23(17(3)4)25-21(14-18-7-6-8-19(13-18)34-5)24(32)20-9-10-22(28)31-26(20)36-25/h6-10,13,16-17,23,29H,11-12,14-15H2,1-5H3,(H,30,33). The topological polar surface area (TPSA) is 103 Å². The molecule has 2 N–H and O–H groups in total. The monoisotopic (exact) mass is 515 g/mol. The highest BCUT2D eigenvalue weighted by molar-refractivity contribution is 6.29. The van der Waals surface area contributed by atoms with Gasteiger partial charge in [0, 0.05) is 25.1 Å². The van der Waals surface area contributed by atoms with E-state index in [1.807, 2.05) is 52.0 Å². The van der Waals surface area contributed by atoms with Crippen LogP contribution in [-0.2, 0) is 11.2 Å². The third-order valence-corrected chi connectivity index (χ3v) is 5.88. The molecule has 1 atom stereocenters. The number of aromatic nitrogens is 1. The van der Waals surface area contributed by atoms with Crippen LogP contribution in [0.4, 0.5) is 4.79 Å². The number of ether oxygens (including phenoxy) is 2. The van der Waals surface area contributed by atoms with Crippen molar-refractivity contribution in [3.63, 3.8) is 0 Å². The first kappa shape index (κ1) is 27.5. The van der Waals surface area contributed by atoms with Crippen molar-refractivity contribution in [1.29, 1.82) is 0 Å². The Morgan fingerprint density at radius 2 is 1.94 bits per heavy atom. The molecular weight excluding hydrogens is 482 g/mol. The second-order valence-corrected chi connectivity index (χ2v) is 9.76. The van der Waals surface area contributed by atoms with Gasteiger partial charge in [-0.25, -0.2) is 9.78 Å². The van der Waals surface area contributed by atoms with Gasteiger partial charge >= 0.3 is 6.09 Å². The number of carbonyl (C=O) groups excluding carboxylic acids is 1. The summed E-state index contributed by atoms with van der Waals surface area (Å²) in [5.41, 5.74) is 1.47. The van der Waals surface area contributed by atoms with E-state index in [-0.39, 0.29) is 34.9 Å². The number of nitrogens with one attached hydrogen (secondary N) is 2. The van der Waals surface area contributed by atoms with Gasteiger partial charge in [0.1, 0.15) is 23.3 Å². The lowest BCUT2D eigenvalue weighted by atomic mass is 9.94. The number of hydrogen-bond acceptors (Lipinski definition) is 7. The van der Waals surface area contributed by atoms with Gasteiger partial charge < -0.3 is 24.5 Å². The summed E-state index contributed by atoms with van der Waals surface area (Å²) in [5, 5.41) is 6.72. The first-order valence-electron chi connectivity index (χ1n) is 12.1. The Hall–Kier alpha value is -3.10. The molecule has 1 amide bonds. The van der Waals surface area contributed by atoms with Gasteiger partial charge in [0.25, 0.3) is 0 Å². The SMILES string of the molecule is COc1cccc(Cc2c(C(NCCOC(=O)NCC(C)C)C(C)C)oc3nc(Cl)ccc3c2=O)c1. The molecule has 0 spiro atoms. The predicted octanol–water partition coefficient (Wildman–Crippen LogP) is 5.11. The molecule has 3 rings (SSSR count). The molecule has 9 heteroatoms. The quantitative estimate of drug-likeness (QED) is 0.270. The number of halogens is 1. The summed E-state index contributed by atoms with van der Waals surface area (Å²) in [6, 6.07) is 10.5. The van der Waals surface area contributed by atoms with Crippen LogP contribution in [0.5, 0.6) is 5.75 Å². The number of alkyl carbamates (subject to hydrolysis) is 1. The van der Waals surface area contributed by atoms with Crippen molar-refractivity contribution in [3.8, 4) is 5.75 Å². The van der Waals surface area contributed by atoms with Gasteiger partial charge in [0.15, 0.2) is 5.43 Å². The molecule has 1 aromatic carbocycles. The zero-order valence-corrected chi connectivity index (χ0v) is 22.1. The Balaban J connectivity index is 1.91. The molecule has 0 radical (unpaired) electrons. The summed E-state index contributed by atoms with van der Waals surface area (Å²) in [7, 11) is 1.61. The van der Waals surface area contributed by atoms with Crippen LogP contribution in [0.15, 0.2) is 45.6 Å². The molecule has 0 fully saturated rings. The number of carbonyl (C=O) groups is 1. The maximum absolute atomic E-state index is 13.6. The molecule has 0 aliphatic carbocycles. The van der Waals surface area contributed by atoms with E-state index in [0.717, 1.165) is 5.56 Å². The van der Waals surface area contributed by atoms with Crippen LogP contribution >= 0.6 is 11.6 Å². The van der Waals surface area contributed by atoms with Crippen LogP contribution in [0.2, 0.25) is 5.15 Å². The average Bonchev–Trinajstić information content (AvgIpc) is 2.84. The van der Waals surface area contributed by atoms with E-state index in [9.17, 15) is 9.59 Å². The largest absolute Gasteiger partial charge is 0.497 e. The number of rotatable bonds is 11. The lowest BCUT2D eigenvalue weighted by Gasteiger charge is -2.24. The van der Waals surface area contributed by atoms with Gasteiger partial charge in [-0.05, 0) is 41.7 Å². The molecule has 36 heavy (non-hydrogen) atoms. The fourth-order valence-corrected chi connectivity index (χ4v) is 3.98. The summed E-state index contributed by atoms with van der Waals surface area (Å²) < 4.78 is 16.9. The van der Waals surface area contributed by atoms with E-state index < -0.39 is 6.09 Å². The van der Waals surface area contributed by atoms with Gasteiger partial charge in [0.2, 0.25) is 5.71 Å². The number of methoxy groups -OCH3 is 1. The second kappa shape index (κ2) is 12.7. The minimum Gasteiger partial charge on any atom is -0.497 e. The maximum atomic E-state index is 13.6. The minimum atomic E-state index is -0.457. The third-order valence-electron chi connectivity index (χ3n) is 5.67. The van der Waals surface area contributed by atoms with E-state index in [1.54, 1.807) is 19.2 Å². The molecule has 2 heterocycles. The number of amides is 1. The number of fused-ring (bicyclic) bond motifs is 1. The van der Waals surface area contributed by atoms with E-state index in [0.29, 0.717) is 47.9 Å². The van der Waals surface area contributed by atoms with Gasteiger partial charge in [-0.3, -0.25) is 4.79 Å². The number of benzene rings is 1. The average molecular weight is 516 g/mol. The van der Waals surface area contributed by atoms with E-state index >= 15 is 0 Å². The molecule has 0 aliphatic heterocycles. The zero-order chi connectivity index (χ0) is 26.2. The van der Waals surface area contributed by atoms with Gasteiger partial charge in [-0.2, -0.15) is 0 Å². The smallest absolute Gasteiger partial charge is 0.407 e. The van der Waals surface area contributed by atoms with Crippen molar-refractivity contribution in [2.24, 2.45) is 11.8 Å². The summed E-state index contributed by atoms with van der Waals surface area (Å²) in [6.07, 6.45) is -0.103. The molecular formula is C27H34ClN3O5. The summed E-state index contributed by atoms with van der Waals surface area (Å²) in [4.78, 5) is 29.7. The second-order valence-electron chi connectivity index (χ2n) is 9.38. The van der Waals surface area contributed by atoms with Crippen LogP contribution in [0.3, 0.4) is 0 Å². The van der Waals surface area contributed by atoms with Crippen LogP contribution in [0, 0.1) is 11.8 Å². The molecule has 2 aromatic heterocycles. The fourth-order valence-electron chi connectivity index (χ4n) is 3.84. The molecule has 0 saturated heterocycles. The van der Waals surface area contributed by atoms with Gasteiger partial charge in [0.05, 0.1) is 18.5 Å². The molecule has 1 unspecified atom stereocenters. The van der Waals surface area contributed by atoms with Crippen molar-refractivity contribution in [1.82, 2.24) is 15.6 Å². The van der Waals surface area contributed by atoms with Crippen molar-refractivity contribution >= 4 is 28.8 Å². The first-order chi connectivity index (χ1) is 17.2. The Kier molecular flexibility index (Phi) is 9.73. The predicted molar refractivity (Wildman–Crippen MR) is 141 cm³/mol. The third kappa shape index (κ3) is 7.21.